The molecule has 2 nitrogen and oxygen atoms in total. The van der Waals surface area contributed by atoms with Gasteiger partial charge < -0.3 is 9.80 Å². The van der Waals surface area contributed by atoms with Crippen molar-refractivity contribution in [3.63, 3.8) is 0 Å². The number of rotatable bonds is 4. The van der Waals surface area contributed by atoms with Crippen molar-refractivity contribution in [2.45, 2.75) is 105 Å². The van der Waals surface area contributed by atoms with Gasteiger partial charge in [0.15, 0.2) is 0 Å². The standard InChI is InChI=1S/C66H65BN2/c1-63(2,3)48-36-49(64(4,5)6)39-52(38-48)68-58-34-47(46-26-20-25-45(33-46)42-21-14-13-15-22-42)35-59-60(58)67(56-31-29-43-23-16-18-27-54(43)61(56)68)57-32-30-44-24-17-19-28-55(44)62(57)69(59)53-40-50(65(7,8)9)37-51(41-53)66(10,11)12/h13-41H,1-12H3. The third-order valence-electron chi connectivity index (χ3n) is 15.0. The molecule has 0 unspecified atom stereocenters. The van der Waals surface area contributed by atoms with Crippen LogP contribution in [0.25, 0.3) is 43.8 Å². The number of hydrogen-bond acceptors (Lipinski definition) is 2. The number of fused-ring (bicyclic) bond motifs is 8. The van der Waals surface area contributed by atoms with E-state index in [1.54, 1.807) is 0 Å². The summed E-state index contributed by atoms with van der Waals surface area (Å²) in [6.45, 7) is 28.2. The van der Waals surface area contributed by atoms with Crippen molar-refractivity contribution in [1.29, 1.82) is 0 Å². The number of hydrogen-bond donors (Lipinski definition) is 0. The SMILES string of the molecule is CC(C)(C)c1cc(N2c3cc(-c4cccc(-c5ccccc5)c4)cc4c3B(c3ccc5ccccc5c32)c2ccc3ccccc3c2N4c2cc(C(C)(C)C)cc(C(C)(C)C)c2)cc(C(C)(C)C)c1. The van der Waals surface area contributed by atoms with Gasteiger partial charge in [-0.15, -0.1) is 0 Å². The first-order valence-electron chi connectivity index (χ1n) is 25.0. The van der Waals surface area contributed by atoms with E-state index in [9.17, 15) is 0 Å². The first kappa shape index (κ1) is 44.7. The minimum atomic E-state index is -0.0747. The Labute approximate surface area is 411 Å². The molecular weight excluding hydrogens is 832 g/mol. The molecule has 2 heterocycles. The summed E-state index contributed by atoms with van der Waals surface area (Å²) in [5, 5.41) is 5.00. The Kier molecular flexibility index (Phi) is 10.3. The Balaban J connectivity index is 1.33. The Morgan fingerprint density at radius 2 is 0.696 bits per heavy atom. The van der Waals surface area contributed by atoms with E-state index in [0.717, 1.165) is 0 Å². The molecule has 0 spiro atoms. The van der Waals surface area contributed by atoms with E-state index in [2.05, 4.69) is 269 Å². The van der Waals surface area contributed by atoms with E-state index in [0.29, 0.717) is 0 Å². The zero-order valence-corrected chi connectivity index (χ0v) is 42.7. The van der Waals surface area contributed by atoms with Crippen LogP contribution in [0.15, 0.2) is 176 Å². The van der Waals surface area contributed by atoms with Gasteiger partial charge in [-0.2, -0.15) is 0 Å². The van der Waals surface area contributed by atoms with Crippen LogP contribution in [0.4, 0.5) is 34.1 Å². The topological polar surface area (TPSA) is 6.48 Å². The Morgan fingerprint density at radius 3 is 1.12 bits per heavy atom. The Hall–Kier alpha value is -6.84. The average Bonchev–Trinajstić information content (AvgIpc) is 3.32. The van der Waals surface area contributed by atoms with E-state index in [-0.39, 0.29) is 28.4 Å². The van der Waals surface area contributed by atoms with Gasteiger partial charge in [0.05, 0.1) is 0 Å². The van der Waals surface area contributed by atoms with Crippen LogP contribution in [-0.4, -0.2) is 6.71 Å². The maximum atomic E-state index is 2.67. The quantitative estimate of drug-likeness (QED) is 0.162. The fourth-order valence-electron chi connectivity index (χ4n) is 10.9. The summed E-state index contributed by atoms with van der Waals surface area (Å²) < 4.78 is 0. The van der Waals surface area contributed by atoms with Gasteiger partial charge in [0.25, 0.3) is 6.71 Å². The molecule has 0 radical (unpaired) electrons. The average molecular weight is 897 g/mol. The molecule has 0 saturated heterocycles. The molecule has 342 valence electrons. The first-order chi connectivity index (χ1) is 32.7. The third-order valence-corrected chi connectivity index (χ3v) is 15.0. The molecule has 3 heteroatoms. The molecule has 0 saturated carbocycles. The summed E-state index contributed by atoms with van der Waals surface area (Å²) in [4.78, 5) is 5.33. The zero-order chi connectivity index (χ0) is 48.4. The first-order valence-corrected chi connectivity index (χ1v) is 25.0. The predicted molar refractivity (Wildman–Crippen MR) is 301 cm³/mol. The lowest BCUT2D eigenvalue weighted by Gasteiger charge is -2.46. The van der Waals surface area contributed by atoms with Crippen LogP contribution in [0.3, 0.4) is 0 Å². The molecule has 9 aromatic carbocycles. The van der Waals surface area contributed by atoms with Crippen LogP contribution in [0.2, 0.25) is 0 Å². The predicted octanol–water partition coefficient (Wildman–Crippen LogP) is 16.6. The van der Waals surface area contributed by atoms with Crippen molar-refractivity contribution in [2.24, 2.45) is 0 Å². The second kappa shape index (κ2) is 15.9. The number of benzene rings is 9. The summed E-state index contributed by atoms with van der Waals surface area (Å²) in [5.41, 5.74) is 21.2. The van der Waals surface area contributed by atoms with Crippen molar-refractivity contribution in [2.75, 3.05) is 9.80 Å². The molecule has 0 fully saturated rings. The van der Waals surface area contributed by atoms with Crippen molar-refractivity contribution in [3.8, 4) is 22.3 Å². The molecular formula is C66H65BN2. The summed E-state index contributed by atoms with van der Waals surface area (Å²) in [7, 11) is 0. The minimum Gasteiger partial charge on any atom is -0.311 e. The van der Waals surface area contributed by atoms with Crippen molar-refractivity contribution in [1.82, 2.24) is 0 Å². The lowest BCUT2D eigenvalue weighted by molar-refractivity contribution is 0.568. The third kappa shape index (κ3) is 7.66. The molecule has 0 amide bonds. The maximum Gasteiger partial charge on any atom is 0.252 e. The van der Waals surface area contributed by atoms with Gasteiger partial charge in [-0.1, -0.05) is 217 Å². The van der Waals surface area contributed by atoms with Gasteiger partial charge in [-0.05, 0) is 136 Å². The van der Waals surface area contributed by atoms with Gasteiger partial charge in [0.2, 0.25) is 0 Å². The van der Waals surface area contributed by atoms with Crippen molar-refractivity contribution >= 4 is 78.8 Å². The summed E-state index contributed by atoms with van der Waals surface area (Å²) in [6, 6.07) is 67.6. The van der Waals surface area contributed by atoms with Crippen LogP contribution in [0, 0.1) is 0 Å². The maximum absolute atomic E-state index is 2.67. The normalized spacial score (nSPS) is 13.7. The van der Waals surface area contributed by atoms with Crippen LogP contribution in [0.1, 0.15) is 105 Å². The number of nitrogens with zero attached hydrogens (tertiary/aromatic N) is 2. The van der Waals surface area contributed by atoms with Crippen LogP contribution in [-0.2, 0) is 21.7 Å². The largest absolute Gasteiger partial charge is 0.311 e. The van der Waals surface area contributed by atoms with Gasteiger partial charge in [-0.3, -0.25) is 0 Å². The highest BCUT2D eigenvalue weighted by Gasteiger charge is 2.45. The number of anilines is 6. The summed E-state index contributed by atoms with van der Waals surface area (Å²) in [6.07, 6.45) is 0. The van der Waals surface area contributed by atoms with E-state index in [1.807, 2.05) is 0 Å². The highest BCUT2D eigenvalue weighted by molar-refractivity contribution is 7.00. The molecule has 11 rings (SSSR count). The lowest BCUT2D eigenvalue weighted by atomic mass is 9.33. The molecule has 0 aliphatic carbocycles. The molecule has 69 heavy (non-hydrogen) atoms. The Bertz CT molecular complexity index is 3240. The van der Waals surface area contributed by atoms with Gasteiger partial charge in [0.1, 0.15) is 0 Å². The van der Waals surface area contributed by atoms with Gasteiger partial charge in [-0.25, -0.2) is 0 Å². The zero-order valence-electron chi connectivity index (χ0n) is 42.7. The Morgan fingerprint density at radius 1 is 0.319 bits per heavy atom. The van der Waals surface area contributed by atoms with Gasteiger partial charge in [0, 0.05) is 44.9 Å². The van der Waals surface area contributed by atoms with Crippen LogP contribution >= 0.6 is 0 Å². The van der Waals surface area contributed by atoms with Crippen LogP contribution < -0.4 is 26.2 Å². The molecule has 9 aromatic rings. The van der Waals surface area contributed by atoms with E-state index in [4.69, 9.17) is 0 Å². The second-order valence-corrected chi connectivity index (χ2v) is 24.0. The second-order valence-electron chi connectivity index (χ2n) is 24.0. The highest BCUT2D eigenvalue weighted by atomic mass is 15.2. The monoisotopic (exact) mass is 897 g/mol. The smallest absolute Gasteiger partial charge is 0.252 e. The molecule has 0 N–H and O–H groups in total. The lowest BCUT2D eigenvalue weighted by Crippen LogP contribution is -2.61. The van der Waals surface area contributed by atoms with E-state index < -0.39 is 0 Å². The van der Waals surface area contributed by atoms with E-state index >= 15 is 0 Å². The fourth-order valence-corrected chi connectivity index (χ4v) is 10.9. The van der Waals surface area contributed by atoms with Gasteiger partial charge >= 0.3 is 0 Å². The fraction of sp³-hybridized carbons (Fsp3) is 0.242. The minimum absolute atomic E-state index is 0.0350. The molecule has 0 bridgehead atoms. The molecule has 2 aliphatic rings. The summed E-state index contributed by atoms with van der Waals surface area (Å²) in [5.74, 6) is 0. The van der Waals surface area contributed by atoms with Crippen LogP contribution in [0.5, 0.6) is 0 Å². The molecule has 2 aliphatic heterocycles. The highest BCUT2D eigenvalue weighted by Crippen LogP contribution is 2.51. The van der Waals surface area contributed by atoms with Crippen molar-refractivity contribution < 1.29 is 0 Å². The molecule has 0 atom stereocenters. The van der Waals surface area contributed by atoms with E-state index in [1.165, 1.54) is 117 Å². The van der Waals surface area contributed by atoms with Crippen molar-refractivity contribution in [3.05, 3.63) is 198 Å². The molecule has 0 aromatic heterocycles. The summed E-state index contributed by atoms with van der Waals surface area (Å²) >= 11 is 0.